The maximum Gasteiger partial charge on any atom is 0.248 e. The molecule has 0 atom stereocenters. The molecule has 0 bridgehead atoms. The summed E-state index contributed by atoms with van der Waals surface area (Å²) in [7, 11) is 0. The first-order valence-electron chi connectivity index (χ1n) is 8.92. The molecule has 5 aromatic rings. The van der Waals surface area contributed by atoms with E-state index in [1.165, 1.54) is 0 Å². The predicted molar refractivity (Wildman–Crippen MR) is 114 cm³/mol. The molecule has 0 saturated heterocycles. The average molecular weight is 423 g/mol. The minimum absolute atomic E-state index is 0.171. The highest BCUT2D eigenvalue weighted by Crippen LogP contribution is 2.23. The highest BCUT2D eigenvalue weighted by Gasteiger charge is 2.09. The second kappa shape index (κ2) is 7.38. The van der Waals surface area contributed by atoms with Crippen molar-refractivity contribution >= 4 is 45.3 Å². The summed E-state index contributed by atoms with van der Waals surface area (Å²) in [5.74, 6) is 0.644. The lowest BCUT2D eigenvalue weighted by molar-refractivity contribution is 0.651. The van der Waals surface area contributed by atoms with Crippen LogP contribution in [0.2, 0.25) is 5.02 Å². The zero-order valence-corrected chi connectivity index (χ0v) is 16.7. The van der Waals surface area contributed by atoms with E-state index in [-0.39, 0.29) is 5.56 Å². The van der Waals surface area contributed by atoms with Gasteiger partial charge in [-0.05, 0) is 29.8 Å². The number of pyridine rings is 1. The predicted octanol–water partition coefficient (Wildman–Crippen LogP) is 3.99. The largest absolute Gasteiger partial charge is 0.333 e. The number of aromatic nitrogens is 6. The summed E-state index contributed by atoms with van der Waals surface area (Å²) in [6, 6.07) is 15.0. The summed E-state index contributed by atoms with van der Waals surface area (Å²) in [5, 5.41) is 10.8. The molecule has 9 heteroatoms. The molecule has 0 saturated carbocycles. The van der Waals surface area contributed by atoms with E-state index in [0.717, 1.165) is 32.8 Å². The van der Waals surface area contributed by atoms with Crippen LogP contribution >= 0.6 is 23.4 Å². The van der Waals surface area contributed by atoms with Crippen LogP contribution in [0.5, 0.6) is 0 Å². The zero-order chi connectivity index (χ0) is 19.8. The fourth-order valence-electron chi connectivity index (χ4n) is 3.23. The Morgan fingerprint density at radius 2 is 1.97 bits per heavy atom. The van der Waals surface area contributed by atoms with Gasteiger partial charge in [-0.25, -0.2) is 9.67 Å². The van der Waals surface area contributed by atoms with E-state index in [1.54, 1.807) is 28.6 Å². The van der Waals surface area contributed by atoms with Gasteiger partial charge in [-0.2, -0.15) is 0 Å². The number of nitrogens with one attached hydrogen (secondary N) is 2. The molecule has 0 aliphatic carbocycles. The van der Waals surface area contributed by atoms with E-state index in [2.05, 4.69) is 25.3 Å². The van der Waals surface area contributed by atoms with Crippen molar-refractivity contribution < 1.29 is 0 Å². The van der Waals surface area contributed by atoms with Gasteiger partial charge >= 0.3 is 0 Å². The lowest BCUT2D eigenvalue weighted by atomic mass is 10.1. The summed E-state index contributed by atoms with van der Waals surface area (Å²) in [4.78, 5) is 22.6. The number of fused-ring (bicyclic) bond motifs is 2. The van der Waals surface area contributed by atoms with Crippen molar-refractivity contribution in [3.05, 3.63) is 81.4 Å². The minimum Gasteiger partial charge on any atom is -0.333 e. The summed E-state index contributed by atoms with van der Waals surface area (Å²) < 4.78 is 1.73. The van der Waals surface area contributed by atoms with E-state index >= 15 is 0 Å². The third kappa shape index (κ3) is 3.76. The maximum atomic E-state index is 12.0. The first-order chi connectivity index (χ1) is 14.1. The monoisotopic (exact) mass is 422 g/mol. The fourth-order valence-corrected chi connectivity index (χ4v) is 4.17. The van der Waals surface area contributed by atoms with Crippen molar-refractivity contribution in [2.45, 2.75) is 17.5 Å². The molecule has 5 rings (SSSR count). The number of hydrogen-bond acceptors (Lipinski definition) is 5. The molecule has 0 aliphatic heterocycles. The van der Waals surface area contributed by atoms with E-state index < -0.39 is 0 Å². The molecule has 0 fully saturated rings. The normalized spacial score (nSPS) is 11.5. The second-order valence-corrected chi connectivity index (χ2v) is 8.00. The van der Waals surface area contributed by atoms with Gasteiger partial charge in [0.15, 0.2) is 5.16 Å². The number of imidazole rings is 1. The van der Waals surface area contributed by atoms with Crippen LogP contribution in [0, 0.1) is 0 Å². The SMILES string of the molecule is O=c1cc(Cn2cc(CSc3nc4ccccc4[nH]3)nn2)c2ccc(Cl)cc2[nH]1. The number of benzene rings is 2. The Kier molecular flexibility index (Phi) is 4.57. The number of para-hydroxylation sites is 2. The van der Waals surface area contributed by atoms with Crippen LogP contribution in [-0.4, -0.2) is 29.9 Å². The van der Waals surface area contributed by atoms with Gasteiger partial charge in [0.25, 0.3) is 0 Å². The smallest absolute Gasteiger partial charge is 0.248 e. The number of rotatable bonds is 5. The van der Waals surface area contributed by atoms with Crippen molar-refractivity contribution in [3.8, 4) is 0 Å². The van der Waals surface area contributed by atoms with E-state index in [9.17, 15) is 4.79 Å². The Morgan fingerprint density at radius 1 is 1.07 bits per heavy atom. The molecule has 0 unspecified atom stereocenters. The maximum absolute atomic E-state index is 12.0. The molecule has 144 valence electrons. The van der Waals surface area contributed by atoms with Crippen LogP contribution in [0.1, 0.15) is 11.3 Å². The molecule has 3 aromatic heterocycles. The Morgan fingerprint density at radius 3 is 2.86 bits per heavy atom. The fraction of sp³-hybridized carbons (Fsp3) is 0.100. The van der Waals surface area contributed by atoms with E-state index in [0.29, 0.717) is 22.8 Å². The second-order valence-electron chi connectivity index (χ2n) is 6.60. The van der Waals surface area contributed by atoms with Crippen LogP contribution in [0.15, 0.2) is 64.7 Å². The minimum atomic E-state index is -0.171. The van der Waals surface area contributed by atoms with Gasteiger partial charge in [-0.3, -0.25) is 4.79 Å². The topological polar surface area (TPSA) is 92.2 Å². The molecule has 2 N–H and O–H groups in total. The van der Waals surface area contributed by atoms with Gasteiger partial charge in [0.05, 0.1) is 28.8 Å². The lowest BCUT2D eigenvalue weighted by Gasteiger charge is -2.06. The molecular weight excluding hydrogens is 408 g/mol. The molecule has 2 aromatic carbocycles. The number of nitrogens with zero attached hydrogens (tertiary/aromatic N) is 4. The third-order valence-electron chi connectivity index (χ3n) is 4.53. The van der Waals surface area contributed by atoms with Gasteiger partial charge in [-0.1, -0.05) is 46.8 Å². The molecule has 3 heterocycles. The van der Waals surface area contributed by atoms with Crippen LogP contribution in [-0.2, 0) is 12.3 Å². The van der Waals surface area contributed by atoms with Gasteiger partial charge < -0.3 is 9.97 Å². The molecule has 0 spiro atoms. The van der Waals surface area contributed by atoms with Crippen molar-refractivity contribution in [2.24, 2.45) is 0 Å². The van der Waals surface area contributed by atoms with Crippen LogP contribution < -0.4 is 5.56 Å². The standard InChI is InChI=1S/C20H15ClN6OS/c21-13-5-6-15-12(7-19(28)22-18(15)8-13)9-27-10-14(25-26-27)11-29-20-23-16-3-1-2-4-17(16)24-20/h1-8,10H,9,11H2,(H,22,28)(H,23,24). The number of thioether (sulfide) groups is 1. The summed E-state index contributed by atoms with van der Waals surface area (Å²) in [5.41, 5.74) is 4.20. The van der Waals surface area contributed by atoms with Crippen molar-refractivity contribution in [2.75, 3.05) is 0 Å². The van der Waals surface area contributed by atoms with Gasteiger partial charge in [0.2, 0.25) is 5.56 Å². The zero-order valence-electron chi connectivity index (χ0n) is 15.1. The first kappa shape index (κ1) is 18.0. The van der Waals surface area contributed by atoms with Crippen LogP contribution in [0.3, 0.4) is 0 Å². The third-order valence-corrected chi connectivity index (χ3v) is 5.68. The molecule has 7 nitrogen and oxygen atoms in total. The van der Waals surface area contributed by atoms with Crippen molar-refractivity contribution in [3.63, 3.8) is 0 Å². The summed E-state index contributed by atoms with van der Waals surface area (Å²) in [6.45, 7) is 0.449. The Hall–Kier alpha value is -3.10. The van der Waals surface area contributed by atoms with Crippen LogP contribution in [0.4, 0.5) is 0 Å². The van der Waals surface area contributed by atoms with Gasteiger partial charge in [0, 0.05) is 28.4 Å². The number of aromatic amines is 2. The highest BCUT2D eigenvalue weighted by molar-refractivity contribution is 7.98. The van der Waals surface area contributed by atoms with Gasteiger partial charge in [0.1, 0.15) is 0 Å². The molecular formula is C20H15ClN6OS. The number of H-pyrrole nitrogens is 2. The first-order valence-corrected chi connectivity index (χ1v) is 10.3. The highest BCUT2D eigenvalue weighted by atomic mass is 35.5. The van der Waals surface area contributed by atoms with Gasteiger partial charge in [-0.15, -0.1) is 5.10 Å². The average Bonchev–Trinajstić information content (AvgIpc) is 3.32. The number of hydrogen-bond donors (Lipinski definition) is 2. The Balaban J connectivity index is 1.34. The molecule has 0 aliphatic rings. The Bertz CT molecular complexity index is 1360. The van der Waals surface area contributed by atoms with E-state index in [4.69, 9.17) is 11.6 Å². The van der Waals surface area contributed by atoms with Crippen molar-refractivity contribution in [1.82, 2.24) is 29.9 Å². The summed E-state index contributed by atoms with van der Waals surface area (Å²) in [6.07, 6.45) is 1.89. The quantitative estimate of drug-likeness (QED) is 0.418. The summed E-state index contributed by atoms with van der Waals surface area (Å²) >= 11 is 7.61. The molecule has 0 amide bonds. The lowest BCUT2D eigenvalue weighted by Crippen LogP contribution is -2.09. The Labute approximate surface area is 174 Å². The van der Waals surface area contributed by atoms with E-state index in [1.807, 2.05) is 42.6 Å². The van der Waals surface area contributed by atoms with Crippen molar-refractivity contribution in [1.29, 1.82) is 0 Å². The molecule has 29 heavy (non-hydrogen) atoms. The van der Waals surface area contributed by atoms with Crippen LogP contribution in [0.25, 0.3) is 21.9 Å². The molecule has 0 radical (unpaired) electrons. The number of halogens is 1.